The molecule has 0 aliphatic rings. The summed E-state index contributed by atoms with van der Waals surface area (Å²) in [6.45, 7) is 10.4. The first-order valence-corrected chi connectivity index (χ1v) is 9.84. The van der Waals surface area contributed by atoms with Gasteiger partial charge < -0.3 is 0 Å². The fraction of sp³-hybridized carbons (Fsp3) is 0.458. The monoisotopic (exact) mass is 366 g/mol. The van der Waals surface area contributed by atoms with Crippen LogP contribution in [0.2, 0.25) is 0 Å². The SMILES string of the molecule is CC(C)N(CCCC(C#N)(c1ccc(F)cc1)C(C)C)Cc1ccccc1. The maximum Gasteiger partial charge on any atom is 0.123 e. The summed E-state index contributed by atoms with van der Waals surface area (Å²) in [5.41, 5.74) is 1.64. The highest BCUT2D eigenvalue weighted by Gasteiger charge is 2.35. The molecular weight excluding hydrogens is 335 g/mol. The minimum absolute atomic E-state index is 0.162. The van der Waals surface area contributed by atoms with Gasteiger partial charge in [0.1, 0.15) is 5.82 Å². The molecule has 0 aromatic heterocycles. The molecule has 0 aliphatic carbocycles. The summed E-state index contributed by atoms with van der Waals surface area (Å²) in [6.07, 6.45) is 1.69. The Hall–Kier alpha value is -2.18. The highest BCUT2D eigenvalue weighted by Crippen LogP contribution is 2.36. The summed E-state index contributed by atoms with van der Waals surface area (Å²) in [5, 5.41) is 10.0. The molecule has 3 heteroatoms. The van der Waals surface area contributed by atoms with Crippen molar-refractivity contribution in [3.8, 4) is 6.07 Å². The van der Waals surface area contributed by atoms with Gasteiger partial charge in [-0.2, -0.15) is 5.26 Å². The van der Waals surface area contributed by atoms with Crippen molar-refractivity contribution in [3.05, 3.63) is 71.5 Å². The number of benzene rings is 2. The van der Waals surface area contributed by atoms with Gasteiger partial charge in [-0.3, -0.25) is 4.90 Å². The van der Waals surface area contributed by atoms with E-state index in [1.807, 2.05) is 6.07 Å². The lowest BCUT2D eigenvalue weighted by molar-refractivity contribution is 0.199. The van der Waals surface area contributed by atoms with Crippen molar-refractivity contribution in [1.29, 1.82) is 5.26 Å². The Morgan fingerprint density at radius 3 is 2.15 bits per heavy atom. The van der Waals surface area contributed by atoms with Gasteiger partial charge in [0, 0.05) is 12.6 Å². The number of hydrogen-bond acceptors (Lipinski definition) is 2. The number of rotatable bonds is 9. The molecular formula is C24H31FN2. The van der Waals surface area contributed by atoms with Crippen molar-refractivity contribution in [2.75, 3.05) is 6.54 Å². The van der Waals surface area contributed by atoms with Crippen LogP contribution in [0.15, 0.2) is 54.6 Å². The van der Waals surface area contributed by atoms with Crippen LogP contribution >= 0.6 is 0 Å². The zero-order chi connectivity index (χ0) is 19.9. The molecule has 0 N–H and O–H groups in total. The van der Waals surface area contributed by atoms with E-state index >= 15 is 0 Å². The molecule has 0 aliphatic heterocycles. The van der Waals surface area contributed by atoms with Crippen LogP contribution in [0.4, 0.5) is 4.39 Å². The van der Waals surface area contributed by atoms with E-state index < -0.39 is 5.41 Å². The zero-order valence-electron chi connectivity index (χ0n) is 17.0. The molecule has 0 fully saturated rings. The number of nitrogens with zero attached hydrogens (tertiary/aromatic N) is 2. The van der Waals surface area contributed by atoms with Crippen LogP contribution in [0.25, 0.3) is 0 Å². The fourth-order valence-electron chi connectivity index (χ4n) is 3.66. The summed E-state index contributed by atoms with van der Waals surface area (Å²) >= 11 is 0. The van der Waals surface area contributed by atoms with Crippen LogP contribution < -0.4 is 0 Å². The highest BCUT2D eigenvalue weighted by atomic mass is 19.1. The van der Waals surface area contributed by atoms with Crippen LogP contribution in [0.3, 0.4) is 0 Å². The van der Waals surface area contributed by atoms with Gasteiger partial charge in [-0.25, -0.2) is 4.39 Å². The molecule has 2 aromatic rings. The van der Waals surface area contributed by atoms with Crippen LogP contribution in [-0.2, 0) is 12.0 Å². The van der Waals surface area contributed by atoms with E-state index in [1.54, 1.807) is 12.1 Å². The molecule has 1 atom stereocenters. The van der Waals surface area contributed by atoms with E-state index in [0.29, 0.717) is 6.04 Å². The van der Waals surface area contributed by atoms with Gasteiger partial charge in [0.2, 0.25) is 0 Å². The van der Waals surface area contributed by atoms with Crippen molar-refractivity contribution >= 4 is 0 Å². The third-order valence-electron chi connectivity index (χ3n) is 5.52. The Labute approximate surface area is 163 Å². The van der Waals surface area contributed by atoms with Crippen molar-refractivity contribution in [2.24, 2.45) is 5.92 Å². The highest BCUT2D eigenvalue weighted by molar-refractivity contribution is 5.33. The van der Waals surface area contributed by atoms with Gasteiger partial charge >= 0.3 is 0 Å². The quantitative estimate of drug-likeness (QED) is 0.549. The second-order valence-electron chi connectivity index (χ2n) is 7.90. The lowest BCUT2D eigenvalue weighted by Crippen LogP contribution is -2.35. The molecule has 2 nitrogen and oxygen atoms in total. The van der Waals surface area contributed by atoms with Crippen molar-refractivity contribution in [3.63, 3.8) is 0 Å². The Morgan fingerprint density at radius 1 is 1.00 bits per heavy atom. The van der Waals surface area contributed by atoms with Gasteiger partial charge in [-0.05, 0) is 62.4 Å². The Morgan fingerprint density at radius 2 is 1.63 bits per heavy atom. The van der Waals surface area contributed by atoms with E-state index in [4.69, 9.17) is 0 Å². The van der Waals surface area contributed by atoms with Crippen LogP contribution in [-0.4, -0.2) is 17.5 Å². The number of hydrogen-bond donors (Lipinski definition) is 0. The van der Waals surface area contributed by atoms with Gasteiger partial charge in [0.25, 0.3) is 0 Å². The van der Waals surface area contributed by atoms with Crippen molar-refractivity contribution in [2.45, 2.75) is 58.5 Å². The van der Waals surface area contributed by atoms with Crippen molar-refractivity contribution in [1.82, 2.24) is 4.90 Å². The molecule has 0 amide bonds. The topological polar surface area (TPSA) is 27.0 Å². The van der Waals surface area contributed by atoms with Crippen LogP contribution in [0.5, 0.6) is 0 Å². The summed E-state index contributed by atoms with van der Waals surface area (Å²) in [7, 11) is 0. The second-order valence-corrected chi connectivity index (χ2v) is 7.90. The van der Waals surface area contributed by atoms with Crippen LogP contribution in [0, 0.1) is 23.1 Å². The van der Waals surface area contributed by atoms with Gasteiger partial charge in [0.05, 0.1) is 11.5 Å². The molecule has 2 aromatic carbocycles. The molecule has 0 saturated carbocycles. The fourth-order valence-corrected chi connectivity index (χ4v) is 3.66. The number of halogens is 1. The maximum atomic E-state index is 13.3. The third kappa shape index (κ3) is 5.40. The molecule has 144 valence electrons. The lowest BCUT2D eigenvalue weighted by Gasteiger charge is -2.33. The molecule has 0 heterocycles. The Kier molecular flexibility index (Phi) is 7.56. The molecule has 0 saturated heterocycles. The van der Waals surface area contributed by atoms with Gasteiger partial charge in [-0.15, -0.1) is 0 Å². The summed E-state index contributed by atoms with van der Waals surface area (Å²) < 4.78 is 13.3. The predicted octanol–water partition coefficient (Wildman–Crippen LogP) is 5.93. The standard InChI is InChI=1S/C24H31FN2/c1-19(2)24(18-26,22-11-13-23(25)14-12-22)15-8-16-27(20(3)4)17-21-9-6-5-7-10-21/h5-7,9-14,19-20H,8,15-17H2,1-4H3. The second kappa shape index (κ2) is 9.67. The minimum atomic E-state index is -0.580. The predicted molar refractivity (Wildman–Crippen MR) is 110 cm³/mol. The Balaban J connectivity index is 2.09. The summed E-state index contributed by atoms with van der Waals surface area (Å²) in [6, 6.07) is 19.9. The van der Waals surface area contributed by atoms with Gasteiger partial charge in [-0.1, -0.05) is 56.3 Å². The third-order valence-corrected chi connectivity index (χ3v) is 5.52. The molecule has 0 radical (unpaired) electrons. The normalized spacial score (nSPS) is 13.7. The van der Waals surface area contributed by atoms with E-state index in [-0.39, 0.29) is 11.7 Å². The summed E-state index contributed by atoms with van der Waals surface area (Å²) in [4.78, 5) is 2.45. The average Bonchev–Trinajstić information content (AvgIpc) is 2.66. The molecule has 0 spiro atoms. The van der Waals surface area contributed by atoms with Crippen molar-refractivity contribution < 1.29 is 4.39 Å². The largest absolute Gasteiger partial charge is 0.297 e. The Bertz CT molecular complexity index is 731. The smallest absolute Gasteiger partial charge is 0.123 e. The molecule has 0 bridgehead atoms. The van der Waals surface area contributed by atoms with E-state index in [2.05, 4.69) is 62.9 Å². The maximum absolute atomic E-state index is 13.3. The summed E-state index contributed by atoms with van der Waals surface area (Å²) in [5.74, 6) is -0.0993. The van der Waals surface area contributed by atoms with Crippen LogP contribution in [0.1, 0.15) is 51.7 Å². The molecule has 2 rings (SSSR count). The van der Waals surface area contributed by atoms with E-state index in [9.17, 15) is 9.65 Å². The molecule has 1 unspecified atom stereocenters. The first kappa shape index (κ1) is 21.1. The lowest BCUT2D eigenvalue weighted by atomic mass is 9.70. The first-order chi connectivity index (χ1) is 12.9. The van der Waals surface area contributed by atoms with Gasteiger partial charge in [0.15, 0.2) is 0 Å². The average molecular weight is 367 g/mol. The van der Waals surface area contributed by atoms with E-state index in [0.717, 1.165) is 31.5 Å². The number of nitriles is 1. The first-order valence-electron chi connectivity index (χ1n) is 9.84. The zero-order valence-corrected chi connectivity index (χ0v) is 17.0. The minimum Gasteiger partial charge on any atom is -0.297 e. The molecule has 27 heavy (non-hydrogen) atoms. The van der Waals surface area contributed by atoms with E-state index in [1.165, 1.54) is 17.7 Å².